The molecule has 1 N–H and O–H groups in total. The van der Waals surface area contributed by atoms with Crippen LogP contribution in [0.25, 0.3) is 0 Å². The highest BCUT2D eigenvalue weighted by Crippen LogP contribution is 2.39. The lowest BCUT2D eigenvalue weighted by Gasteiger charge is -2.13. The summed E-state index contributed by atoms with van der Waals surface area (Å²) in [6.45, 7) is 3.58. The number of hydrogen-bond donors (Lipinski definition) is 1. The van der Waals surface area contributed by atoms with E-state index < -0.39 is 22.8 Å². The van der Waals surface area contributed by atoms with E-state index in [4.69, 9.17) is 4.74 Å². The Morgan fingerprint density at radius 3 is 2.85 bits per heavy atom. The van der Waals surface area contributed by atoms with Gasteiger partial charge in [0.05, 0.1) is 17.1 Å². The van der Waals surface area contributed by atoms with Gasteiger partial charge in [-0.25, -0.2) is 4.79 Å². The van der Waals surface area contributed by atoms with Crippen LogP contribution in [0.15, 0.2) is 12.4 Å². The number of nitrogens with zero attached hydrogens (tertiary/aromatic N) is 3. The monoisotopic (exact) mass is 392 g/mol. The van der Waals surface area contributed by atoms with Crippen LogP contribution in [0.4, 0.5) is 10.7 Å². The Hall–Kier alpha value is -2.75. The second-order valence-corrected chi connectivity index (χ2v) is 7.34. The molecule has 0 spiro atoms. The van der Waals surface area contributed by atoms with Crippen molar-refractivity contribution < 1.29 is 19.2 Å². The zero-order chi connectivity index (χ0) is 19.6. The average molecular weight is 392 g/mol. The molecule has 0 fully saturated rings. The van der Waals surface area contributed by atoms with Crippen molar-refractivity contribution in [3.8, 4) is 0 Å². The number of nitrogens with one attached hydrogen (secondary N) is 1. The fourth-order valence-electron chi connectivity index (χ4n) is 3.04. The number of aromatic nitrogens is 2. The minimum atomic E-state index is -0.770. The number of rotatable bonds is 6. The molecular weight excluding hydrogens is 372 g/mol. The number of carbonyl (C=O) groups excluding carboxylic acids is 2. The van der Waals surface area contributed by atoms with Gasteiger partial charge in [-0.3, -0.25) is 19.6 Å². The molecule has 27 heavy (non-hydrogen) atoms. The Balaban J connectivity index is 1.85. The average Bonchev–Trinajstić information content (AvgIpc) is 3.26. The molecular formula is C17H20N4O5S. The molecule has 2 aromatic heterocycles. The highest BCUT2D eigenvalue weighted by atomic mass is 32.1. The number of fused-ring (bicyclic) bond motifs is 1. The predicted molar refractivity (Wildman–Crippen MR) is 99.1 cm³/mol. The molecule has 0 radical (unpaired) electrons. The van der Waals surface area contributed by atoms with Crippen molar-refractivity contribution >= 4 is 33.9 Å². The molecule has 2 aromatic rings. The molecule has 0 unspecified atom stereocenters. The predicted octanol–water partition coefficient (Wildman–Crippen LogP) is 3.11. The minimum Gasteiger partial charge on any atom is -0.462 e. The molecule has 0 saturated carbocycles. The maximum atomic E-state index is 12.7. The molecule has 1 aliphatic carbocycles. The Labute approximate surface area is 159 Å². The SMILES string of the molecule is CCOC(=O)c1c(NC(=O)[C@H](C)n2cc([N+](=O)[O-])cn2)sc2c1CCCC2. The molecule has 1 amide bonds. The van der Waals surface area contributed by atoms with Crippen molar-refractivity contribution in [2.75, 3.05) is 11.9 Å². The molecule has 144 valence electrons. The lowest BCUT2D eigenvalue weighted by Crippen LogP contribution is -2.24. The van der Waals surface area contributed by atoms with Crippen LogP contribution < -0.4 is 5.32 Å². The first-order valence-corrected chi connectivity index (χ1v) is 9.55. The first kappa shape index (κ1) is 19.0. The molecule has 1 aliphatic rings. The fraction of sp³-hybridized carbons (Fsp3) is 0.471. The first-order valence-electron chi connectivity index (χ1n) is 8.73. The number of esters is 1. The minimum absolute atomic E-state index is 0.187. The lowest BCUT2D eigenvalue weighted by atomic mass is 9.95. The second kappa shape index (κ2) is 7.87. The summed E-state index contributed by atoms with van der Waals surface area (Å²) in [4.78, 5) is 36.4. The number of aryl methyl sites for hydroxylation is 1. The normalized spacial score (nSPS) is 14.3. The summed E-state index contributed by atoms with van der Waals surface area (Å²) in [5.74, 6) is -0.841. The summed E-state index contributed by atoms with van der Waals surface area (Å²) >= 11 is 1.40. The third-order valence-corrected chi connectivity index (χ3v) is 5.67. The van der Waals surface area contributed by atoms with E-state index in [9.17, 15) is 19.7 Å². The van der Waals surface area contributed by atoms with Crippen LogP contribution in [0.1, 0.15) is 53.5 Å². The number of nitro groups is 1. The number of carbonyl (C=O) groups is 2. The van der Waals surface area contributed by atoms with Crippen molar-refractivity contribution in [1.82, 2.24) is 9.78 Å². The van der Waals surface area contributed by atoms with Crippen molar-refractivity contribution in [1.29, 1.82) is 0 Å². The molecule has 1 atom stereocenters. The van der Waals surface area contributed by atoms with Crippen LogP contribution >= 0.6 is 11.3 Å². The van der Waals surface area contributed by atoms with Gasteiger partial charge in [-0.05, 0) is 45.1 Å². The van der Waals surface area contributed by atoms with Gasteiger partial charge < -0.3 is 10.1 Å². The summed E-state index contributed by atoms with van der Waals surface area (Å²) in [6, 6.07) is -0.770. The van der Waals surface area contributed by atoms with Gasteiger partial charge >= 0.3 is 11.7 Å². The van der Waals surface area contributed by atoms with E-state index in [2.05, 4.69) is 10.4 Å². The summed E-state index contributed by atoms with van der Waals surface area (Å²) < 4.78 is 6.40. The van der Waals surface area contributed by atoms with Gasteiger partial charge in [0.15, 0.2) is 0 Å². The molecule has 10 heteroatoms. The van der Waals surface area contributed by atoms with Crippen LogP contribution in [0.2, 0.25) is 0 Å². The van der Waals surface area contributed by atoms with Gasteiger partial charge in [0.1, 0.15) is 23.4 Å². The molecule has 0 bridgehead atoms. The highest BCUT2D eigenvalue weighted by molar-refractivity contribution is 7.17. The largest absolute Gasteiger partial charge is 0.462 e. The summed E-state index contributed by atoms with van der Waals surface area (Å²) in [7, 11) is 0. The number of amides is 1. The smallest absolute Gasteiger partial charge is 0.341 e. The zero-order valence-corrected chi connectivity index (χ0v) is 15.9. The highest BCUT2D eigenvalue weighted by Gasteiger charge is 2.28. The van der Waals surface area contributed by atoms with E-state index in [1.807, 2.05) is 0 Å². The van der Waals surface area contributed by atoms with Crippen LogP contribution in [0, 0.1) is 10.1 Å². The third-order valence-electron chi connectivity index (χ3n) is 4.46. The number of thiophene rings is 1. The Kier molecular flexibility index (Phi) is 5.54. The molecule has 0 saturated heterocycles. The van der Waals surface area contributed by atoms with Crippen LogP contribution in [-0.4, -0.2) is 33.2 Å². The molecule has 0 aromatic carbocycles. The van der Waals surface area contributed by atoms with Gasteiger partial charge in [0.25, 0.3) is 0 Å². The van der Waals surface area contributed by atoms with E-state index in [0.717, 1.165) is 42.3 Å². The lowest BCUT2D eigenvalue weighted by molar-refractivity contribution is -0.385. The van der Waals surface area contributed by atoms with E-state index in [0.29, 0.717) is 10.6 Å². The molecule has 9 nitrogen and oxygen atoms in total. The number of anilines is 1. The Morgan fingerprint density at radius 1 is 1.44 bits per heavy atom. The van der Waals surface area contributed by atoms with Gasteiger partial charge in [-0.1, -0.05) is 0 Å². The maximum Gasteiger partial charge on any atom is 0.341 e. The standard InChI is InChI=1S/C17H20N4O5S/c1-3-26-17(23)14-12-6-4-5-7-13(12)27-16(14)19-15(22)10(2)20-9-11(8-18-20)21(24)25/h8-10H,3-7H2,1-2H3,(H,19,22)/t10-/m0/s1. The van der Waals surface area contributed by atoms with E-state index in [1.54, 1.807) is 13.8 Å². The first-order chi connectivity index (χ1) is 12.9. The molecule has 0 aliphatic heterocycles. The number of ether oxygens (including phenoxy) is 1. The van der Waals surface area contributed by atoms with E-state index in [-0.39, 0.29) is 12.3 Å². The molecule has 2 heterocycles. The second-order valence-electron chi connectivity index (χ2n) is 6.24. The quantitative estimate of drug-likeness (QED) is 0.459. The van der Waals surface area contributed by atoms with Crippen LogP contribution in [-0.2, 0) is 22.4 Å². The Bertz CT molecular complexity index is 888. The molecule has 3 rings (SSSR count). The van der Waals surface area contributed by atoms with Crippen LogP contribution in [0.5, 0.6) is 0 Å². The Morgan fingerprint density at radius 2 is 2.19 bits per heavy atom. The summed E-state index contributed by atoms with van der Waals surface area (Å²) in [5.41, 5.74) is 1.21. The summed E-state index contributed by atoms with van der Waals surface area (Å²) in [6.07, 6.45) is 6.01. The topological polar surface area (TPSA) is 116 Å². The van der Waals surface area contributed by atoms with Crippen LogP contribution in [0.3, 0.4) is 0 Å². The van der Waals surface area contributed by atoms with E-state index in [1.165, 1.54) is 22.2 Å². The third kappa shape index (κ3) is 3.85. The number of hydrogen-bond acceptors (Lipinski definition) is 7. The van der Waals surface area contributed by atoms with Crippen molar-refractivity contribution in [2.24, 2.45) is 0 Å². The zero-order valence-electron chi connectivity index (χ0n) is 15.1. The fourth-order valence-corrected chi connectivity index (χ4v) is 4.32. The van der Waals surface area contributed by atoms with Gasteiger partial charge in [0.2, 0.25) is 5.91 Å². The van der Waals surface area contributed by atoms with Gasteiger partial charge in [0, 0.05) is 4.88 Å². The van der Waals surface area contributed by atoms with Gasteiger partial charge in [-0.2, -0.15) is 5.10 Å². The van der Waals surface area contributed by atoms with Gasteiger partial charge in [-0.15, -0.1) is 11.3 Å². The van der Waals surface area contributed by atoms with E-state index >= 15 is 0 Å². The summed E-state index contributed by atoms with van der Waals surface area (Å²) in [5, 5.41) is 17.9. The maximum absolute atomic E-state index is 12.7. The van der Waals surface area contributed by atoms with Crippen molar-refractivity contribution in [2.45, 2.75) is 45.6 Å². The van der Waals surface area contributed by atoms with Crippen molar-refractivity contribution in [3.05, 3.63) is 38.5 Å². The van der Waals surface area contributed by atoms with Crippen molar-refractivity contribution in [3.63, 3.8) is 0 Å².